The highest BCUT2D eigenvalue weighted by Crippen LogP contribution is 2.32. The summed E-state index contributed by atoms with van der Waals surface area (Å²) >= 11 is 5.83. The van der Waals surface area contributed by atoms with Crippen LogP contribution in [-0.2, 0) is 0 Å². The molecule has 0 heterocycles. The molecule has 7 heteroatoms. The van der Waals surface area contributed by atoms with Gasteiger partial charge in [-0.25, -0.2) is 0 Å². The Kier molecular flexibility index (Phi) is 6.00. The summed E-state index contributed by atoms with van der Waals surface area (Å²) in [6, 6.07) is 11.9. The van der Waals surface area contributed by atoms with Gasteiger partial charge in [0, 0.05) is 12.9 Å². The lowest BCUT2D eigenvalue weighted by Crippen LogP contribution is -2.13. The highest BCUT2D eigenvalue weighted by molar-refractivity contribution is 14.1. The maximum Gasteiger partial charge on any atom is 0.288 e. The van der Waals surface area contributed by atoms with E-state index in [9.17, 15) is 13.6 Å². The lowest BCUT2D eigenvalue weighted by Gasteiger charge is -2.11. The minimum Gasteiger partial charge on any atom is -0.321 e. The van der Waals surface area contributed by atoms with Crippen LogP contribution in [0.4, 0.5) is 14.5 Å². The van der Waals surface area contributed by atoms with E-state index in [1.54, 1.807) is 36.4 Å². The molecule has 0 spiro atoms. The first-order chi connectivity index (χ1) is 9.97. The average molecular weight is 484 g/mol. The summed E-state index contributed by atoms with van der Waals surface area (Å²) in [5, 5.41) is 2.67. The van der Waals surface area contributed by atoms with Gasteiger partial charge in [-0.15, -0.1) is 0 Å². The van der Waals surface area contributed by atoms with E-state index in [4.69, 9.17) is 0 Å². The molecule has 1 amide bonds. The molecular formula is C14H9BrF2INOS. The van der Waals surface area contributed by atoms with Crippen molar-refractivity contribution >= 4 is 61.9 Å². The molecule has 0 unspecified atom stereocenters. The number of anilines is 1. The summed E-state index contributed by atoms with van der Waals surface area (Å²) < 4.78 is 26.6. The molecule has 0 bridgehead atoms. The Bertz CT molecular complexity index is 669. The molecule has 2 aromatic rings. The quantitative estimate of drug-likeness (QED) is 0.451. The van der Waals surface area contributed by atoms with Gasteiger partial charge in [-0.1, -0.05) is 23.9 Å². The van der Waals surface area contributed by atoms with E-state index < -0.39 is 5.76 Å². The number of carbonyl (C=O) groups excluding carboxylic acids is 1. The van der Waals surface area contributed by atoms with E-state index >= 15 is 0 Å². The Labute approximate surface area is 147 Å². The molecule has 0 aromatic heterocycles. The Balaban J connectivity index is 2.25. The number of amides is 1. The summed E-state index contributed by atoms with van der Waals surface area (Å²) in [6.45, 7) is 0. The zero-order valence-electron chi connectivity index (χ0n) is 10.4. The van der Waals surface area contributed by atoms with E-state index in [0.29, 0.717) is 32.4 Å². The third kappa shape index (κ3) is 4.65. The topological polar surface area (TPSA) is 29.1 Å². The van der Waals surface area contributed by atoms with E-state index in [1.807, 2.05) is 6.07 Å². The van der Waals surface area contributed by atoms with Crippen LogP contribution in [0.3, 0.4) is 0 Å². The minimum atomic E-state index is -2.53. The average Bonchev–Trinajstić information content (AvgIpc) is 2.43. The zero-order valence-corrected chi connectivity index (χ0v) is 15.0. The highest BCUT2D eigenvalue weighted by atomic mass is 127. The fourth-order valence-electron chi connectivity index (χ4n) is 1.63. The summed E-state index contributed by atoms with van der Waals surface area (Å²) in [6.07, 6.45) is 0. The number of rotatable bonds is 4. The molecule has 2 aromatic carbocycles. The van der Waals surface area contributed by atoms with Crippen LogP contribution in [-0.4, -0.2) is 11.7 Å². The number of nitrogens with one attached hydrogen (secondary N) is 1. The minimum absolute atomic E-state index is 0.336. The summed E-state index contributed by atoms with van der Waals surface area (Å²) in [7, 11) is 0. The van der Waals surface area contributed by atoms with Gasteiger partial charge in [0.1, 0.15) is 0 Å². The molecule has 110 valence electrons. The van der Waals surface area contributed by atoms with E-state index in [1.165, 1.54) is 0 Å². The van der Waals surface area contributed by atoms with Crippen molar-refractivity contribution in [3.8, 4) is 0 Å². The number of hydrogen-bond donors (Lipinski definition) is 1. The third-order valence-electron chi connectivity index (χ3n) is 2.52. The lowest BCUT2D eigenvalue weighted by atomic mass is 10.2. The Hall–Kier alpha value is -0.670. The second-order valence-electron chi connectivity index (χ2n) is 3.95. The van der Waals surface area contributed by atoms with Gasteiger partial charge in [0.2, 0.25) is 0 Å². The predicted octanol–water partition coefficient (Wildman–Crippen LogP) is 5.62. The van der Waals surface area contributed by atoms with Gasteiger partial charge in [-0.3, -0.25) is 4.79 Å². The van der Waals surface area contributed by atoms with Crippen molar-refractivity contribution in [1.82, 2.24) is 0 Å². The zero-order chi connectivity index (χ0) is 15.4. The summed E-state index contributed by atoms with van der Waals surface area (Å²) in [5.41, 5.74) is 0.831. The molecule has 21 heavy (non-hydrogen) atoms. The number of hydrogen-bond acceptors (Lipinski definition) is 2. The fourth-order valence-corrected chi connectivity index (χ4v) is 3.14. The van der Waals surface area contributed by atoms with Crippen LogP contribution >= 0.6 is 50.3 Å². The second-order valence-corrected chi connectivity index (χ2v) is 7.08. The smallest absolute Gasteiger partial charge is 0.288 e. The van der Waals surface area contributed by atoms with E-state index in [-0.39, 0.29) is 5.91 Å². The number of halogens is 4. The first-order valence-electron chi connectivity index (χ1n) is 5.77. The largest absolute Gasteiger partial charge is 0.321 e. The maximum absolute atomic E-state index is 12.5. The molecule has 0 atom stereocenters. The number of para-hydroxylation sites is 1. The van der Waals surface area contributed by atoms with Gasteiger partial charge in [-0.05, 0) is 68.9 Å². The molecule has 0 fully saturated rings. The first kappa shape index (κ1) is 16.7. The number of benzene rings is 2. The van der Waals surface area contributed by atoms with Gasteiger partial charge >= 0.3 is 0 Å². The van der Waals surface area contributed by atoms with Crippen molar-refractivity contribution in [3.05, 3.63) is 56.1 Å². The number of thioether (sulfide) groups is 1. The monoisotopic (exact) mass is 483 g/mol. The van der Waals surface area contributed by atoms with Gasteiger partial charge in [-0.2, -0.15) is 8.78 Å². The van der Waals surface area contributed by atoms with Gasteiger partial charge in [0.05, 0.1) is 11.3 Å². The van der Waals surface area contributed by atoms with E-state index in [0.717, 1.165) is 3.57 Å². The summed E-state index contributed by atoms with van der Waals surface area (Å²) in [5.74, 6) is -2.88. The fraction of sp³-hybridized carbons (Fsp3) is 0.0714. The van der Waals surface area contributed by atoms with Crippen molar-refractivity contribution < 1.29 is 13.6 Å². The maximum atomic E-state index is 12.5. The summed E-state index contributed by atoms with van der Waals surface area (Å²) in [4.78, 5) is 12.6. The molecule has 0 aliphatic rings. The van der Waals surface area contributed by atoms with Crippen LogP contribution in [0, 0.1) is 3.57 Å². The number of carbonyl (C=O) groups is 1. The molecule has 1 N–H and O–H groups in total. The molecule has 0 radical (unpaired) electrons. The van der Waals surface area contributed by atoms with Crippen molar-refractivity contribution in [1.29, 1.82) is 0 Å². The Morgan fingerprint density at radius 1 is 1.24 bits per heavy atom. The molecular weight excluding hydrogens is 475 g/mol. The molecule has 0 aliphatic carbocycles. The second kappa shape index (κ2) is 7.55. The van der Waals surface area contributed by atoms with Gasteiger partial charge in [0.25, 0.3) is 11.7 Å². The first-order valence-corrected chi connectivity index (χ1v) is 8.53. The van der Waals surface area contributed by atoms with E-state index in [2.05, 4.69) is 43.8 Å². The van der Waals surface area contributed by atoms with Crippen LogP contribution in [0.5, 0.6) is 0 Å². The third-order valence-corrected chi connectivity index (χ3v) is 4.67. The Morgan fingerprint density at radius 3 is 2.67 bits per heavy atom. The van der Waals surface area contributed by atoms with Crippen LogP contribution in [0.2, 0.25) is 0 Å². The van der Waals surface area contributed by atoms with Crippen molar-refractivity contribution in [3.63, 3.8) is 0 Å². The van der Waals surface area contributed by atoms with Gasteiger partial charge < -0.3 is 5.32 Å². The lowest BCUT2D eigenvalue weighted by molar-refractivity contribution is 0.102. The van der Waals surface area contributed by atoms with Crippen molar-refractivity contribution in [2.45, 2.75) is 10.7 Å². The van der Waals surface area contributed by atoms with Crippen molar-refractivity contribution in [2.24, 2.45) is 0 Å². The van der Waals surface area contributed by atoms with Crippen LogP contribution < -0.4 is 5.32 Å². The standard InChI is InChI=1S/C14H9BrF2INOS/c15-10-6-5-8(18)7-9(10)13(20)19-11-3-1-2-4-12(11)21-14(16)17/h1-7,14H,(H,19,20). The SMILES string of the molecule is O=C(Nc1ccccc1SC(F)F)c1cc(I)ccc1Br. The molecule has 0 aliphatic heterocycles. The normalized spacial score (nSPS) is 10.7. The number of alkyl halides is 2. The van der Waals surface area contributed by atoms with Crippen molar-refractivity contribution in [2.75, 3.05) is 5.32 Å². The predicted molar refractivity (Wildman–Crippen MR) is 93.1 cm³/mol. The molecule has 0 saturated carbocycles. The van der Waals surface area contributed by atoms with Gasteiger partial charge in [0.15, 0.2) is 0 Å². The van der Waals surface area contributed by atoms with Crippen LogP contribution in [0.1, 0.15) is 10.4 Å². The Morgan fingerprint density at radius 2 is 1.95 bits per heavy atom. The highest BCUT2D eigenvalue weighted by Gasteiger charge is 2.14. The molecule has 2 rings (SSSR count). The van der Waals surface area contributed by atoms with Crippen LogP contribution in [0.15, 0.2) is 51.8 Å². The van der Waals surface area contributed by atoms with Crippen LogP contribution in [0.25, 0.3) is 0 Å². The molecule has 2 nitrogen and oxygen atoms in total. The molecule has 0 saturated heterocycles.